The fourth-order valence-electron chi connectivity index (χ4n) is 0. The second kappa shape index (κ2) is 4.37. The average molecular weight is 165 g/mol. The Hall–Kier alpha value is 1.54. The molecule has 0 aromatic carbocycles. The van der Waals surface area contributed by atoms with E-state index >= 15 is 0 Å². The summed E-state index contributed by atoms with van der Waals surface area (Å²) >= 11 is 10.6. The van der Waals surface area contributed by atoms with Crippen LogP contribution in [0.2, 0.25) is 0 Å². The molecule has 0 N–H and O–H groups in total. The number of halogens is 2. The van der Waals surface area contributed by atoms with Crippen molar-refractivity contribution in [1.82, 2.24) is 3.94 Å². The van der Waals surface area contributed by atoms with E-state index in [4.69, 9.17) is 23.6 Å². The fourth-order valence-corrected chi connectivity index (χ4v) is 0. The minimum absolute atomic E-state index is 0. The van der Waals surface area contributed by atoms with Gasteiger partial charge in [-0.05, 0) is 44.3 Å². The Morgan fingerprint density at radius 1 is 1.38 bits per heavy atom. The van der Waals surface area contributed by atoms with Gasteiger partial charge in [0.05, 0.1) is 0 Å². The Bertz CT molecular complexity index is 59.5. The Labute approximate surface area is 82.8 Å². The fraction of sp³-hybridized carbons (Fsp3) is 0.750. The van der Waals surface area contributed by atoms with Crippen LogP contribution in [0.4, 0.5) is 0 Å². The van der Waals surface area contributed by atoms with Crippen molar-refractivity contribution >= 4 is 53.1 Å². The molecule has 0 aromatic heterocycles. The molecule has 1 nitrogen and oxygen atoms in total. The number of nitrogens with zero attached hydrogens (tertiary/aromatic N) is 1. The maximum absolute atomic E-state index is 5.29. The standard InChI is InChI=1S/C4H8Cl2N.Na.H/c1-4(2,3)7(5)6;;/h1H2,2-3H3;;. The van der Waals surface area contributed by atoms with E-state index in [-0.39, 0.29) is 35.1 Å². The maximum atomic E-state index is 5.29. The summed E-state index contributed by atoms with van der Waals surface area (Å²) in [7, 11) is 0. The van der Waals surface area contributed by atoms with Gasteiger partial charge in [-0.1, -0.05) is 0 Å². The zero-order valence-corrected chi connectivity index (χ0v) is 5.92. The van der Waals surface area contributed by atoms with Gasteiger partial charge in [0.15, 0.2) is 0 Å². The molecule has 0 saturated carbocycles. The molecular formula is C4H9Cl2NNa. The normalized spacial score (nSPS) is 11.2. The molecule has 0 aromatic rings. The van der Waals surface area contributed by atoms with Crippen LogP contribution in [0.3, 0.4) is 0 Å². The molecule has 0 bridgehead atoms. The summed E-state index contributed by atoms with van der Waals surface area (Å²) in [6.07, 6.45) is 0. The first-order chi connectivity index (χ1) is 2.94. The first-order valence-corrected chi connectivity index (χ1v) is 2.59. The van der Waals surface area contributed by atoms with Crippen LogP contribution in [0.25, 0.3) is 0 Å². The van der Waals surface area contributed by atoms with Crippen molar-refractivity contribution in [2.24, 2.45) is 0 Å². The van der Waals surface area contributed by atoms with E-state index in [0.717, 1.165) is 3.94 Å². The van der Waals surface area contributed by atoms with E-state index in [1.807, 2.05) is 13.8 Å². The van der Waals surface area contributed by atoms with Crippen molar-refractivity contribution in [1.29, 1.82) is 0 Å². The molecule has 0 heterocycles. The van der Waals surface area contributed by atoms with Gasteiger partial charge >= 0.3 is 29.6 Å². The number of rotatable bonds is 1. The summed E-state index contributed by atoms with van der Waals surface area (Å²) in [5.74, 6) is 0. The SMILES string of the molecule is [CH2]C(C)(C)N(Cl)Cl.[NaH]. The zero-order valence-electron chi connectivity index (χ0n) is 4.41. The zero-order chi connectivity index (χ0) is 6.08. The van der Waals surface area contributed by atoms with E-state index in [9.17, 15) is 0 Å². The van der Waals surface area contributed by atoms with E-state index < -0.39 is 0 Å². The van der Waals surface area contributed by atoms with Crippen LogP contribution in [0.1, 0.15) is 13.8 Å². The molecule has 4 heteroatoms. The molecule has 0 aliphatic carbocycles. The summed E-state index contributed by atoms with van der Waals surface area (Å²) < 4.78 is 1.02. The summed E-state index contributed by atoms with van der Waals surface area (Å²) in [4.78, 5) is 0. The van der Waals surface area contributed by atoms with Crippen LogP contribution in [0.5, 0.6) is 0 Å². The van der Waals surface area contributed by atoms with Crippen LogP contribution in [-0.2, 0) is 0 Å². The molecule has 0 atom stereocenters. The second-order valence-corrected chi connectivity index (χ2v) is 2.89. The molecule has 0 spiro atoms. The van der Waals surface area contributed by atoms with Crippen molar-refractivity contribution in [3.05, 3.63) is 6.92 Å². The quantitative estimate of drug-likeness (QED) is 0.421. The van der Waals surface area contributed by atoms with Gasteiger partial charge in [0, 0.05) is 5.54 Å². The van der Waals surface area contributed by atoms with Gasteiger partial charge < -0.3 is 0 Å². The van der Waals surface area contributed by atoms with Crippen LogP contribution in [0.15, 0.2) is 0 Å². The van der Waals surface area contributed by atoms with Crippen molar-refractivity contribution in [2.45, 2.75) is 19.4 Å². The van der Waals surface area contributed by atoms with Crippen molar-refractivity contribution in [3.8, 4) is 0 Å². The molecule has 0 fully saturated rings. The molecule has 8 heavy (non-hydrogen) atoms. The molecule has 1 radical (unpaired) electrons. The Morgan fingerprint density at radius 2 is 1.50 bits per heavy atom. The Morgan fingerprint density at radius 3 is 1.50 bits per heavy atom. The van der Waals surface area contributed by atoms with Crippen LogP contribution in [0, 0.1) is 6.92 Å². The second-order valence-electron chi connectivity index (χ2n) is 2.05. The van der Waals surface area contributed by atoms with E-state index in [1.54, 1.807) is 0 Å². The van der Waals surface area contributed by atoms with Gasteiger partial charge in [-0.25, -0.2) is 0 Å². The minimum atomic E-state index is -0.386. The molecule has 0 saturated heterocycles. The topological polar surface area (TPSA) is 3.24 Å². The summed E-state index contributed by atoms with van der Waals surface area (Å²) in [6.45, 7) is 7.26. The first-order valence-electron chi connectivity index (χ1n) is 1.92. The summed E-state index contributed by atoms with van der Waals surface area (Å²) in [5, 5.41) is 0. The van der Waals surface area contributed by atoms with Crippen molar-refractivity contribution < 1.29 is 0 Å². The average Bonchev–Trinajstić information content (AvgIpc) is 1.31. The first kappa shape index (κ1) is 12.2. The summed E-state index contributed by atoms with van der Waals surface area (Å²) in [6, 6.07) is 0. The molecule has 0 aliphatic rings. The Balaban J connectivity index is 0. The van der Waals surface area contributed by atoms with Gasteiger partial charge in [0.1, 0.15) is 0 Å². The van der Waals surface area contributed by atoms with Gasteiger partial charge in [0.25, 0.3) is 0 Å². The van der Waals surface area contributed by atoms with Crippen LogP contribution < -0.4 is 0 Å². The molecule has 0 unspecified atom stereocenters. The molecule has 0 aliphatic heterocycles. The predicted octanol–water partition coefficient (Wildman–Crippen LogP) is 1.56. The van der Waals surface area contributed by atoms with E-state index in [1.165, 1.54) is 0 Å². The van der Waals surface area contributed by atoms with E-state index in [2.05, 4.69) is 6.92 Å². The predicted molar refractivity (Wildman–Crippen MR) is 40.1 cm³/mol. The third-order valence-corrected chi connectivity index (χ3v) is 1.37. The third kappa shape index (κ3) is 5.67. The van der Waals surface area contributed by atoms with Crippen LogP contribution in [-0.4, -0.2) is 39.0 Å². The molecule has 0 amide bonds. The van der Waals surface area contributed by atoms with Crippen molar-refractivity contribution in [3.63, 3.8) is 0 Å². The van der Waals surface area contributed by atoms with Gasteiger partial charge in [0.2, 0.25) is 0 Å². The van der Waals surface area contributed by atoms with Gasteiger partial charge in [-0.15, -0.1) is 3.94 Å². The monoisotopic (exact) mass is 164 g/mol. The Kier molecular flexibility index (Phi) is 6.69. The van der Waals surface area contributed by atoms with E-state index in [0.29, 0.717) is 0 Å². The molecule has 0 rings (SSSR count). The molecule has 45 valence electrons. The number of hydrogen-bond donors (Lipinski definition) is 0. The summed E-state index contributed by atoms with van der Waals surface area (Å²) in [5.41, 5.74) is -0.386. The van der Waals surface area contributed by atoms with Gasteiger partial charge in [-0.2, -0.15) is 0 Å². The van der Waals surface area contributed by atoms with Crippen LogP contribution >= 0.6 is 23.6 Å². The third-order valence-electron chi connectivity index (χ3n) is 0.458. The van der Waals surface area contributed by atoms with Gasteiger partial charge in [-0.3, -0.25) is 0 Å². The number of hydrogen-bond acceptors (Lipinski definition) is 1. The van der Waals surface area contributed by atoms with Crippen molar-refractivity contribution in [2.75, 3.05) is 0 Å². The molecular weight excluding hydrogens is 156 g/mol.